The van der Waals surface area contributed by atoms with Gasteiger partial charge in [-0.1, -0.05) is 43.3 Å². The van der Waals surface area contributed by atoms with Crippen LogP contribution in [0.3, 0.4) is 0 Å². The highest BCUT2D eigenvalue weighted by atomic mass is 19.4. The summed E-state index contributed by atoms with van der Waals surface area (Å²) in [5, 5.41) is 2.94. The smallest absolute Gasteiger partial charge is 0.320 e. The molecule has 2 aliphatic carbocycles. The highest BCUT2D eigenvalue weighted by Crippen LogP contribution is 2.60. The van der Waals surface area contributed by atoms with Crippen LogP contribution < -0.4 is 5.32 Å². The lowest BCUT2D eigenvalue weighted by molar-refractivity contribution is -0.238. The first-order chi connectivity index (χ1) is 17.1. The number of halogens is 3. The Kier molecular flexibility index (Phi) is 6.17. The van der Waals surface area contributed by atoms with Gasteiger partial charge in [0.15, 0.2) is 0 Å². The van der Waals surface area contributed by atoms with Crippen molar-refractivity contribution >= 4 is 11.6 Å². The van der Waals surface area contributed by atoms with Crippen LogP contribution in [0.4, 0.5) is 18.9 Å². The van der Waals surface area contributed by atoms with Crippen LogP contribution in [0.5, 0.6) is 0 Å². The molecule has 0 saturated heterocycles. The average Bonchev–Trinajstić information content (AvgIpc) is 2.85. The van der Waals surface area contributed by atoms with Crippen LogP contribution in [0.1, 0.15) is 65.3 Å². The van der Waals surface area contributed by atoms with Crippen LogP contribution in [-0.4, -0.2) is 17.1 Å². The fourth-order valence-corrected chi connectivity index (χ4v) is 6.39. The molecule has 2 aliphatic rings. The van der Waals surface area contributed by atoms with Crippen molar-refractivity contribution in [1.82, 2.24) is 4.98 Å². The Hall–Kier alpha value is -3.15. The Bertz CT molecular complexity index is 1270. The van der Waals surface area contributed by atoms with E-state index in [0.29, 0.717) is 36.9 Å². The van der Waals surface area contributed by atoms with E-state index in [9.17, 15) is 18.0 Å². The van der Waals surface area contributed by atoms with Gasteiger partial charge in [-0.2, -0.15) is 13.2 Å². The number of carbonyl (C=O) groups excluding carboxylic acids is 1. The molecule has 1 saturated carbocycles. The molecular weight excluding hydrogens is 461 g/mol. The number of aromatic nitrogens is 1. The second-order valence-corrected chi connectivity index (χ2v) is 10.8. The standard InChI is InChI=1S/C30H31F3N2O/c1-20-26(9-6-16-34-20)35-27(36)23-11-13-25-22(17-23)10-12-24-19-28(2,30(31,32)33)14-15-29(24,25)18-21-7-4-3-5-8-21/h3-9,11,13,16-17,24H,10,12,14-15,18-19H2,1-2H3,(H,35,36)/t24-,28+,29+/m1/s1. The van der Waals surface area contributed by atoms with E-state index in [4.69, 9.17) is 0 Å². The Morgan fingerprint density at radius 2 is 1.86 bits per heavy atom. The molecule has 0 unspecified atom stereocenters. The van der Waals surface area contributed by atoms with Gasteiger partial charge in [0.25, 0.3) is 5.91 Å². The van der Waals surface area contributed by atoms with Gasteiger partial charge in [-0.05, 0) is 92.3 Å². The molecule has 36 heavy (non-hydrogen) atoms. The van der Waals surface area contributed by atoms with E-state index in [-0.39, 0.29) is 30.1 Å². The van der Waals surface area contributed by atoms with Crippen LogP contribution in [0, 0.1) is 18.3 Å². The van der Waals surface area contributed by atoms with E-state index in [0.717, 1.165) is 22.4 Å². The van der Waals surface area contributed by atoms with Crippen LogP contribution in [0.15, 0.2) is 66.9 Å². The molecule has 3 atom stereocenters. The zero-order chi connectivity index (χ0) is 25.6. The second-order valence-electron chi connectivity index (χ2n) is 10.8. The van der Waals surface area contributed by atoms with Crippen molar-refractivity contribution in [3.05, 3.63) is 94.8 Å². The molecule has 0 spiro atoms. The summed E-state index contributed by atoms with van der Waals surface area (Å²) < 4.78 is 42.1. The highest BCUT2D eigenvalue weighted by Gasteiger charge is 2.59. The summed E-state index contributed by atoms with van der Waals surface area (Å²) >= 11 is 0. The first-order valence-electron chi connectivity index (χ1n) is 12.6. The quantitative estimate of drug-likeness (QED) is 0.411. The van der Waals surface area contributed by atoms with Gasteiger partial charge >= 0.3 is 6.18 Å². The van der Waals surface area contributed by atoms with Crippen LogP contribution >= 0.6 is 0 Å². The Morgan fingerprint density at radius 3 is 2.58 bits per heavy atom. The summed E-state index contributed by atoms with van der Waals surface area (Å²) in [5.74, 6) is -0.273. The number of benzene rings is 2. The fourth-order valence-electron chi connectivity index (χ4n) is 6.39. The van der Waals surface area contributed by atoms with E-state index in [2.05, 4.69) is 22.4 Å². The molecule has 0 radical (unpaired) electrons. The Balaban J connectivity index is 1.51. The lowest BCUT2D eigenvalue weighted by Crippen LogP contribution is -2.52. The molecule has 1 fully saturated rings. The minimum Gasteiger partial charge on any atom is -0.320 e. The number of pyridine rings is 1. The third-order valence-electron chi connectivity index (χ3n) is 8.57. The van der Waals surface area contributed by atoms with Gasteiger partial charge in [-0.3, -0.25) is 9.78 Å². The molecule has 6 heteroatoms. The van der Waals surface area contributed by atoms with E-state index in [1.807, 2.05) is 49.4 Å². The van der Waals surface area contributed by atoms with Crippen molar-refractivity contribution in [2.24, 2.45) is 11.3 Å². The summed E-state index contributed by atoms with van der Waals surface area (Å²) in [6, 6.07) is 19.4. The molecule has 2 aromatic carbocycles. The molecular formula is C30H31F3N2O. The molecule has 1 amide bonds. The molecule has 1 N–H and O–H groups in total. The molecule has 3 aromatic rings. The number of alkyl halides is 3. The number of nitrogens with one attached hydrogen (secondary N) is 1. The highest BCUT2D eigenvalue weighted by molar-refractivity contribution is 6.04. The van der Waals surface area contributed by atoms with E-state index >= 15 is 0 Å². The third kappa shape index (κ3) is 4.31. The molecule has 5 rings (SSSR count). The van der Waals surface area contributed by atoms with Gasteiger partial charge in [0.05, 0.1) is 16.8 Å². The van der Waals surface area contributed by atoms with Gasteiger partial charge in [0.1, 0.15) is 0 Å². The molecule has 0 aliphatic heterocycles. The summed E-state index contributed by atoms with van der Waals surface area (Å²) in [5.41, 5.74) is 3.27. The number of carbonyl (C=O) groups is 1. The molecule has 188 valence electrons. The van der Waals surface area contributed by atoms with Crippen molar-refractivity contribution < 1.29 is 18.0 Å². The number of hydrogen-bond donors (Lipinski definition) is 1. The molecule has 1 aromatic heterocycles. The van der Waals surface area contributed by atoms with Gasteiger partial charge in [0.2, 0.25) is 0 Å². The number of fused-ring (bicyclic) bond motifs is 3. The lowest BCUT2D eigenvalue weighted by atomic mass is 9.50. The normalized spacial score (nSPS) is 25.5. The summed E-state index contributed by atoms with van der Waals surface area (Å²) in [7, 11) is 0. The van der Waals surface area contributed by atoms with Crippen molar-refractivity contribution in [2.75, 3.05) is 5.32 Å². The summed E-state index contributed by atoms with van der Waals surface area (Å²) in [4.78, 5) is 17.3. The molecule has 1 heterocycles. The average molecular weight is 493 g/mol. The van der Waals surface area contributed by atoms with Crippen molar-refractivity contribution in [3.63, 3.8) is 0 Å². The predicted molar refractivity (Wildman–Crippen MR) is 135 cm³/mol. The zero-order valence-corrected chi connectivity index (χ0v) is 20.7. The third-order valence-corrected chi connectivity index (χ3v) is 8.57. The maximum atomic E-state index is 14.0. The summed E-state index contributed by atoms with van der Waals surface area (Å²) in [6.07, 6.45) is 0.289. The van der Waals surface area contributed by atoms with Gasteiger partial charge in [0, 0.05) is 17.2 Å². The number of aryl methyl sites for hydroxylation is 2. The maximum Gasteiger partial charge on any atom is 0.394 e. The van der Waals surface area contributed by atoms with E-state index in [1.54, 1.807) is 12.3 Å². The number of hydrogen-bond acceptors (Lipinski definition) is 2. The topological polar surface area (TPSA) is 42.0 Å². The van der Waals surface area contributed by atoms with Gasteiger partial charge in [-0.15, -0.1) is 0 Å². The van der Waals surface area contributed by atoms with Crippen LogP contribution in [-0.2, 0) is 18.3 Å². The van der Waals surface area contributed by atoms with Gasteiger partial charge < -0.3 is 5.32 Å². The van der Waals surface area contributed by atoms with Crippen molar-refractivity contribution in [2.45, 2.75) is 64.0 Å². The zero-order valence-electron chi connectivity index (χ0n) is 20.7. The monoisotopic (exact) mass is 492 g/mol. The van der Waals surface area contributed by atoms with E-state index in [1.165, 1.54) is 6.92 Å². The first-order valence-corrected chi connectivity index (χ1v) is 12.6. The maximum absolute atomic E-state index is 14.0. The summed E-state index contributed by atoms with van der Waals surface area (Å²) in [6.45, 7) is 3.23. The first kappa shape index (κ1) is 24.5. The largest absolute Gasteiger partial charge is 0.394 e. The van der Waals surface area contributed by atoms with Crippen LogP contribution in [0.25, 0.3) is 0 Å². The van der Waals surface area contributed by atoms with Crippen LogP contribution in [0.2, 0.25) is 0 Å². The number of anilines is 1. The number of rotatable bonds is 4. The molecule has 3 nitrogen and oxygen atoms in total. The number of nitrogens with zero attached hydrogens (tertiary/aromatic N) is 1. The minimum atomic E-state index is -4.21. The fraction of sp³-hybridized carbons (Fsp3) is 0.400. The van der Waals surface area contributed by atoms with Gasteiger partial charge in [-0.25, -0.2) is 0 Å². The molecule has 0 bridgehead atoms. The lowest BCUT2D eigenvalue weighted by Gasteiger charge is -2.54. The Labute approximate surface area is 210 Å². The van der Waals surface area contributed by atoms with E-state index < -0.39 is 11.6 Å². The minimum absolute atomic E-state index is 0.0664. The van der Waals surface area contributed by atoms with Crippen molar-refractivity contribution in [1.29, 1.82) is 0 Å². The van der Waals surface area contributed by atoms with Crippen molar-refractivity contribution in [3.8, 4) is 0 Å². The predicted octanol–water partition coefficient (Wildman–Crippen LogP) is 7.44. The SMILES string of the molecule is Cc1ncccc1NC(=O)c1ccc2c(c1)CC[C@@H]1C[C@@](C)(C(F)(F)F)CC[C@@]21Cc1ccccc1. The Morgan fingerprint density at radius 1 is 1.08 bits per heavy atom. The second kappa shape index (κ2) is 9.06. The number of amides is 1.